The summed E-state index contributed by atoms with van der Waals surface area (Å²) in [6.07, 6.45) is 3.31. The van der Waals surface area contributed by atoms with Crippen molar-refractivity contribution in [1.82, 2.24) is 24.7 Å². The van der Waals surface area contributed by atoms with Crippen LogP contribution in [0.15, 0.2) is 36.7 Å². The van der Waals surface area contributed by atoms with Crippen LogP contribution in [0.1, 0.15) is 0 Å². The number of anilines is 3. The monoisotopic (exact) mass is 321 g/mol. The van der Waals surface area contributed by atoms with Gasteiger partial charge in [0.05, 0.1) is 10.7 Å². The molecule has 21 heavy (non-hydrogen) atoms. The molecule has 0 radical (unpaired) electrons. The molecule has 3 rings (SSSR count). The highest BCUT2D eigenvalue weighted by molar-refractivity contribution is 6.35. The van der Waals surface area contributed by atoms with Crippen molar-refractivity contribution in [3.8, 4) is 5.95 Å². The van der Waals surface area contributed by atoms with E-state index in [0.29, 0.717) is 21.7 Å². The Morgan fingerprint density at radius 1 is 1.14 bits per heavy atom. The number of benzene rings is 1. The number of hydrogen-bond donors (Lipinski definition) is 2. The lowest BCUT2D eigenvalue weighted by atomic mass is 10.3. The molecule has 2 heterocycles. The number of rotatable bonds is 3. The van der Waals surface area contributed by atoms with Crippen molar-refractivity contribution in [2.45, 2.75) is 0 Å². The topological polar surface area (TPSA) is 94.5 Å². The third-order valence-corrected chi connectivity index (χ3v) is 3.09. The Kier molecular flexibility index (Phi) is 3.59. The van der Waals surface area contributed by atoms with Gasteiger partial charge in [-0.3, -0.25) is 0 Å². The molecule has 3 N–H and O–H groups in total. The standard InChI is InChI=1S/C12H9Cl2N7/c13-7-2-3-8(14)9(6-7)17-11-18-10(15)19-12(20-11)21-5-1-4-16-21/h1-6H,(H3,15,17,18,19,20). The molecule has 0 amide bonds. The van der Waals surface area contributed by atoms with Crippen LogP contribution >= 0.6 is 23.2 Å². The van der Waals surface area contributed by atoms with Crippen molar-refractivity contribution < 1.29 is 0 Å². The minimum Gasteiger partial charge on any atom is -0.368 e. The van der Waals surface area contributed by atoms with Gasteiger partial charge in [0.25, 0.3) is 5.95 Å². The van der Waals surface area contributed by atoms with E-state index in [4.69, 9.17) is 28.9 Å². The third-order valence-electron chi connectivity index (χ3n) is 2.53. The summed E-state index contributed by atoms with van der Waals surface area (Å²) >= 11 is 12.0. The van der Waals surface area contributed by atoms with Gasteiger partial charge in [0, 0.05) is 17.4 Å². The smallest absolute Gasteiger partial charge is 0.257 e. The number of aromatic nitrogens is 5. The molecule has 7 nitrogen and oxygen atoms in total. The molecule has 0 fully saturated rings. The minimum absolute atomic E-state index is 0.0659. The van der Waals surface area contributed by atoms with Crippen LogP contribution in [0.4, 0.5) is 17.6 Å². The van der Waals surface area contributed by atoms with E-state index in [-0.39, 0.29) is 11.9 Å². The highest BCUT2D eigenvalue weighted by Gasteiger charge is 2.09. The van der Waals surface area contributed by atoms with E-state index >= 15 is 0 Å². The normalized spacial score (nSPS) is 10.6. The predicted octanol–water partition coefficient (Wildman–Crippen LogP) is 2.69. The second-order valence-corrected chi connectivity index (χ2v) is 4.86. The van der Waals surface area contributed by atoms with Gasteiger partial charge in [0.15, 0.2) is 0 Å². The summed E-state index contributed by atoms with van der Waals surface area (Å²) < 4.78 is 1.47. The maximum Gasteiger partial charge on any atom is 0.257 e. The molecule has 106 valence electrons. The number of nitrogens with one attached hydrogen (secondary N) is 1. The van der Waals surface area contributed by atoms with Crippen LogP contribution in [0.25, 0.3) is 5.95 Å². The summed E-state index contributed by atoms with van der Waals surface area (Å²) in [6.45, 7) is 0. The first-order valence-electron chi connectivity index (χ1n) is 5.85. The summed E-state index contributed by atoms with van der Waals surface area (Å²) in [5, 5.41) is 8.02. The van der Waals surface area contributed by atoms with E-state index in [1.807, 2.05) is 0 Å². The minimum atomic E-state index is 0.0659. The van der Waals surface area contributed by atoms with Gasteiger partial charge < -0.3 is 11.1 Å². The van der Waals surface area contributed by atoms with Crippen molar-refractivity contribution >= 4 is 40.8 Å². The van der Waals surface area contributed by atoms with Crippen molar-refractivity contribution in [3.05, 3.63) is 46.7 Å². The number of halogens is 2. The number of hydrogen-bond acceptors (Lipinski definition) is 6. The third kappa shape index (κ3) is 3.04. The molecule has 0 aliphatic heterocycles. The van der Waals surface area contributed by atoms with Crippen LogP contribution in [0, 0.1) is 0 Å². The quantitative estimate of drug-likeness (QED) is 0.770. The average molecular weight is 322 g/mol. The zero-order valence-corrected chi connectivity index (χ0v) is 12.0. The second kappa shape index (κ2) is 5.55. The van der Waals surface area contributed by atoms with Gasteiger partial charge in [-0.1, -0.05) is 23.2 Å². The van der Waals surface area contributed by atoms with Gasteiger partial charge in [-0.15, -0.1) is 0 Å². The largest absolute Gasteiger partial charge is 0.368 e. The first kappa shape index (κ1) is 13.6. The van der Waals surface area contributed by atoms with Gasteiger partial charge in [0.2, 0.25) is 11.9 Å². The van der Waals surface area contributed by atoms with Gasteiger partial charge in [-0.2, -0.15) is 20.1 Å². The van der Waals surface area contributed by atoms with Crippen LogP contribution in [0.2, 0.25) is 10.0 Å². The van der Waals surface area contributed by atoms with Gasteiger partial charge in [-0.05, 0) is 24.3 Å². The van der Waals surface area contributed by atoms with Crippen LogP contribution in [0.3, 0.4) is 0 Å². The fourth-order valence-electron chi connectivity index (χ4n) is 1.64. The summed E-state index contributed by atoms with van der Waals surface area (Å²) in [6, 6.07) is 6.77. The Bertz CT molecular complexity index is 773. The SMILES string of the molecule is Nc1nc(Nc2cc(Cl)ccc2Cl)nc(-n2cccn2)n1. The first-order chi connectivity index (χ1) is 10.1. The fourth-order valence-corrected chi connectivity index (χ4v) is 1.98. The molecule has 0 aliphatic carbocycles. The van der Waals surface area contributed by atoms with Gasteiger partial charge >= 0.3 is 0 Å². The summed E-state index contributed by atoms with van der Waals surface area (Å²) in [5.41, 5.74) is 6.26. The van der Waals surface area contributed by atoms with Crippen molar-refractivity contribution in [3.63, 3.8) is 0 Å². The maximum absolute atomic E-state index is 6.08. The fraction of sp³-hybridized carbons (Fsp3) is 0. The van der Waals surface area contributed by atoms with E-state index < -0.39 is 0 Å². The highest BCUT2D eigenvalue weighted by atomic mass is 35.5. The molecule has 3 aromatic rings. The Hall–Kier alpha value is -2.38. The van der Waals surface area contributed by atoms with Crippen LogP contribution in [0.5, 0.6) is 0 Å². The van der Waals surface area contributed by atoms with Crippen LogP contribution in [-0.4, -0.2) is 24.7 Å². The van der Waals surface area contributed by atoms with Gasteiger partial charge in [-0.25, -0.2) is 4.68 Å². The van der Waals surface area contributed by atoms with E-state index in [9.17, 15) is 0 Å². The van der Waals surface area contributed by atoms with Crippen LogP contribution in [-0.2, 0) is 0 Å². The van der Waals surface area contributed by atoms with Crippen molar-refractivity contribution in [1.29, 1.82) is 0 Å². The number of nitrogens with two attached hydrogens (primary N) is 1. The molecule has 0 aliphatic rings. The molecular weight excluding hydrogens is 313 g/mol. The zero-order chi connectivity index (χ0) is 14.8. The molecule has 0 unspecified atom stereocenters. The molecule has 0 bridgehead atoms. The van der Waals surface area contributed by atoms with E-state index in [1.54, 1.807) is 36.7 Å². The first-order valence-corrected chi connectivity index (χ1v) is 6.61. The Morgan fingerprint density at radius 3 is 2.76 bits per heavy atom. The molecule has 0 saturated carbocycles. The maximum atomic E-state index is 6.08. The average Bonchev–Trinajstić information content (AvgIpc) is 2.96. The predicted molar refractivity (Wildman–Crippen MR) is 81.1 cm³/mol. The van der Waals surface area contributed by atoms with E-state index in [1.165, 1.54) is 4.68 Å². The Balaban J connectivity index is 1.97. The summed E-state index contributed by atoms with van der Waals surface area (Å²) in [5.74, 6) is 0.612. The van der Waals surface area contributed by atoms with Crippen LogP contribution < -0.4 is 11.1 Å². The lowest BCUT2D eigenvalue weighted by molar-refractivity contribution is 0.801. The molecule has 0 atom stereocenters. The lowest BCUT2D eigenvalue weighted by Gasteiger charge is -2.09. The Morgan fingerprint density at radius 2 is 2.00 bits per heavy atom. The van der Waals surface area contributed by atoms with Crippen molar-refractivity contribution in [2.24, 2.45) is 0 Å². The van der Waals surface area contributed by atoms with E-state index in [2.05, 4.69) is 25.4 Å². The molecular formula is C12H9Cl2N7. The highest BCUT2D eigenvalue weighted by Crippen LogP contribution is 2.27. The lowest BCUT2D eigenvalue weighted by Crippen LogP contribution is -2.09. The molecule has 2 aromatic heterocycles. The Labute approximate surface area is 129 Å². The molecule has 0 spiro atoms. The molecule has 9 heteroatoms. The molecule has 1 aromatic carbocycles. The summed E-state index contributed by atoms with van der Waals surface area (Å²) in [7, 11) is 0. The van der Waals surface area contributed by atoms with Gasteiger partial charge in [0.1, 0.15) is 0 Å². The summed E-state index contributed by atoms with van der Waals surface area (Å²) in [4.78, 5) is 12.3. The second-order valence-electron chi connectivity index (χ2n) is 4.02. The molecule has 0 saturated heterocycles. The van der Waals surface area contributed by atoms with Crippen molar-refractivity contribution in [2.75, 3.05) is 11.1 Å². The number of nitrogen functional groups attached to an aromatic ring is 1. The van der Waals surface area contributed by atoms with E-state index in [0.717, 1.165) is 0 Å². The zero-order valence-electron chi connectivity index (χ0n) is 10.5. The number of nitrogens with zero attached hydrogens (tertiary/aromatic N) is 5.